The number of phenolic OH excluding ortho intramolecular Hbond substituents is 1. The van der Waals surface area contributed by atoms with Crippen LogP contribution in [-0.4, -0.2) is 31.3 Å². The lowest BCUT2D eigenvalue weighted by atomic mass is 10.1. The number of esters is 2. The molecule has 0 bridgehead atoms. The molecule has 0 aliphatic heterocycles. The van der Waals surface area contributed by atoms with Gasteiger partial charge in [-0.05, 0) is 82.9 Å². The average molecular weight is 978 g/mol. The van der Waals surface area contributed by atoms with Crippen LogP contribution in [0.2, 0.25) is 10.0 Å². The number of methoxy groups -OCH3 is 2. The molecule has 0 aromatic heterocycles. The van der Waals surface area contributed by atoms with Crippen LogP contribution in [0.3, 0.4) is 0 Å². The number of ether oxygens (including phenoxy) is 3. The van der Waals surface area contributed by atoms with E-state index in [1.807, 2.05) is 24.3 Å². The number of carbonyl (C=O) groups excluding carboxylic acids is 2. The summed E-state index contributed by atoms with van der Waals surface area (Å²) in [7, 11) is 2.68. The molecule has 0 radical (unpaired) electrons. The maximum atomic E-state index is 11.2. The van der Waals surface area contributed by atoms with Gasteiger partial charge < -0.3 is 19.3 Å². The fourth-order valence-corrected chi connectivity index (χ4v) is 7.01. The van der Waals surface area contributed by atoms with E-state index < -0.39 is 0 Å². The van der Waals surface area contributed by atoms with Gasteiger partial charge >= 0.3 is 11.9 Å². The third-order valence-electron chi connectivity index (χ3n) is 5.55. The van der Waals surface area contributed by atoms with Crippen LogP contribution in [0.25, 0.3) is 0 Å². The summed E-state index contributed by atoms with van der Waals surface area (Å²) in [6.45, 7) is 0.397. The molecule has 0 saturated heterocycles. The molecule has 13 heteroatoms. The molecule has 0 heterocycles. The molecule has 0 spiro atoms. The van der Waals surface area contributed by atoms with Crippen LogP contribution >= 0.6 is 103 Å². The largest absolute Gasteiger partial charge is 0.506 e. The van der Waals surface area contributed by atoms with Crippen molar-refractivity contribution in [1.29, 1.82) is 0 Å². The van der Waals surface area contributed by atoms with E-state index >= 15 is 0 Å². The first-order valence-electron chi connectivity index (χ1n) is 12.8. The lowest BCUT2D eigenvalue weighted by Gasteiger charge is -2.10. The van der Waals surface area contributed by atoms with Gasteiger partial charge in [-0.2, -0.15) is 0 Å². The number of hydrogen-bond donors (Lipinski definition) is 1. The summed E-state index contributed by atoms with van der Waals surface area (Å²) in [5, 5.41) is 10.7. The van der Waals surface area contributed by atoms with Gasteiger partial charge in [-0.1, -0.05) is 115 Å². The second kappa shape index (κ2) is 20.6. The summed E-state index contributed by atoms with van der Waals surface area (Å²) in [6.07, 6.45) is 0.353. The van der Waals surface area contributed by atoms with Crippen molar-refractivity contribution >= 4 is 115 Å². The number of aromatic hydroxyl groups is 1. The summed E-state index contributed by atoms with van der Waals surface area (Å²) >= 11 is 28.9. The predicted molar refractivity (Wildman–Crippen MR) is 197 cm³/mol. The molecule has 0 aliphatic rings. The minimum atomic E-state index is -0.332. The number of benzene rings is 4. The lowest BCUT2D eigenvalue weighted by Crippen LogP contribution is -2.04. The Morgan fingerprint density at radius 2 is 1.09 bits per heavy atom. The maximum absolute atomic E-state index is 11.2. The van der Waals surface area contributed by atoms with E-state index in [2.05, 4.69) is 101 Å². The summed E-state index contributed by atoms with van der Waals surface area (Å²) in [5.41, 5.74) is 3.78. The topological polar surface area (TPSA) is 82.1 Å². The Morgan fingerprint density at radius 1 is 0.644 bits per heavy atom. The average Bonchev–Trinajstić information content (AvgIpc) is 2.98. The molecule has 6 nitrogen and oxygen atoms in total. The zero-order chi connectivity index (χ0) is 33.5. The summed E-state index contributed by atoms with van der Waals surface area (Å²) in [6, 6.07) is 22.0. The van der Waals surface area contributed by atoms with E-state index in [1.54, 1.807) is 24.3 Å². The van der Waals surface area contributed by atoms with Gasteiger partial charge in [0.1, 0.15) is 18.1 Å². The van der Waals surface area contributed by atoms with Crippen molar-refractivity contribution in [2.45, 2.75) is 24.8 Å². The van der Waals surface area contributed by atoms with Crippen LogP contribution in [0.4, 0.5) is 0 Å². The van der Waals surface area contributed by atoms with E-state index in [0.29, 0.717) is 17.4 Å². The van der Waals surface area contributed by atoms with E-state index in [0.717, 1.165) is 39.9 Å². The first kappa shape index (κ1) is 39.6. The van der Waals surface area contributed by atoms with Gasteiger partial charge in [0.15, 0.2) is 0 Å². The van der Waals surface area contributed by atoms with Crippen LogP contribution in [0.15, 0.2) is 90.7 Å². The minimum Gasteiger partial charge on any atom is -0.506 e. The predicted octanol–water partition coefficient (Wildman–Crippen LogP) is 11.0. The highest BCUT2D eigenvalue weighted by atomic mass is 79.9. The van der Waals surface area contributed by atoms with Crippen molar-refractivity contribution < 1.29 is 28.9 Å². The first-order valence-corrected chi connectivity index (χ1v) is 17.9. The smallest absolute Gasteiger partial charge is 0.309 e. The third kappa shape index (κ3) is 15.2. The van der Waals surface area contributed by atoms with Crippen molar-refractivity contribution in [2.24, 2.45) is 0 Å². The lowest BCUT2D eigenvalue weighted by molar-refractivity contribution is -0.140. The van der Waals surface area contributed by atoms with Crippen LogP contribution in [0.5, 0.6) is 11.5 Å². The molecule has 0 atom stereocenters. The van der Waals surface area contributed by atoms with Crippen LogP contribution in [0, 0.1) is 0 Å². The second-order valence-corrected chi connectivity index (χ2v) is 14.1. The van der Waals surface area contributed by atoms with Crippen LogP contribution in [-0.2, 0) is 43.8 Å². The monoisotopic (exact) mass is 972 g/mol. The van der Waals surface area contributed by atoms with Gasteiger partial charge in [0, 0.05) is 23.2 Å². The Balaban J connectivity index is 0.000000259. The van der Waals surface area contributed by atoms with Gasteiger partial charge in [0.2, 0.25) is 0 Å². The van der Waals surface area contributed by atoms with Gasteiger partial charge in [-0.3, -0.25) is 9.59 Å². The van der Waals surface area contributed by atoms with Crippen molar-refractivity contribution in [3.63, 3.8) is 0 Å². The molecule has 0 amide bonds. The van der Waals surface area contributed by atoms with E-state index in [-0.39, 0.29) is 35.6 Å². The number of alkyl halides is 1. The van der Waals surface area contributed by atoms with Crippen molar-refractivity contribution in [2.75, 3.05) is 14.2 Å². The molecule has 0 fully saturated rings. The molecule has 4 aromatic carbocycles. The third-order valence-corrected chi connectivity index (χ3v) is 8.63. The highest BCUT2D eigenvalue weighted by molar-refractivity contribution is 9.11. The van der Waals surface area contributed by atoms with Gasteiger partial charge in [0.25, 0.3) is 0 Å². The zero-order valence-corrected chi connectivity index (χ0v) is 33.3. The molecule has 240 valence electrons. The van der Waals surface area contributed by atoms with Crippen molar-refractivity contribution in [1.82, 2.24) is 0 Å². The molecule has 45 heavy (non-hydrogen) atoms. The molecule has 0 saturated carbocycles. The Kier molecular flexibility index (Phi) is 18.1. The quantitative estimate of drug-likeness (QED) is 0.140. The van der Waals surface area contributed by atoms with Crippen molar-refractivity contribution in [3.8, 4) is 11.5 Å². The molecular formula is C32H27Br5Cl2O6. The minimum absolute atomic E-state index is 0.00952. The van der Waals surface area contributed by atoms with E-state index in [1.165, 1.54) is 31.9 Å². The number of rotatable bonds is 8. The van der Waals surface area contributed by atoms with Crippen molar-refractivity contribution in [3.05, 3.63) is 123 Å². The Morgan fingerprint density at radius 3 is 1.51 bits per heavy atom. The first-order chi connectivity index (χ1) is 21.3. The molecule has 4 aromatic rings. The number of halogens is 7. The summed E-state index contributed by atoms with van der Waals surface area (Å²) < 4.78 is 19.0. The van der Waals surface area contributed by atoms with Gasteiger partial charge in [-0.15, -0.1) is 0 Å². The zero-order valence-electron chi connectivity index (χ0n) is 23.9. The molecule has 4 rings (SSSR count). The highest BCUT2D eigenvalue weighted by Crippen LogP contribution is 2.28. The number of phenols is 1. The Bertz CT molecular complexity index is 1560. The molecule has 0 aliphatic carbocycles. The molecule has 1 N–H and O–H groups in total. The Labute approximate surface area is 314 Å². The SMILES string of the molecule is BrCc1cc(Br)cc(Br)c1.COC(=O)Cc1ccc(O)c(Cl)c1.COC(=O)Cc1ccc(OCc2cc(Br)cc(Br)c2)c(Cl)c1. The number of hydrogen-bond acceptors (Lipinski definition) is 6. The number of carbonyl (C=O) groups is 2. The van der Waals surface area contributed by atoms with E-state index in [4.69, 9.17) is 33.0 Å². The van der Waals surface area contributed by atoms with E-state index in [9.17, 15) is 9.59 Å². The second-order valence-electron chi connectivity index (χ2n) is 9.03. The molecule has 0 unspecified atom stereocenters. The fraction of sp³-hybridized carbons (Fsp3) is 0.188. The Hall–Kier alpha value is -1.60. The van der Waals surface area contributed by atoms with Gasteiger partial charge in [-0.25, -0.2) is 0 Å². The highest BCUT2D eigenvalue weighted by Gasteiger charge is 2.08. The van der Waals surface area contributed by atoms with Crippen LogP contribution in [0.1, 0.15) is 22.3 Å². The maximum Gasteiger partial charge on any atom is 0.309 e. The summed E-state index contributed by atoms with van der Waals surface area (Å²) in [5.74, 6) is -0.0489. The fourth-order valence-electron chi connectivity index (χ4n) is 3.45. The standard InChI is InChI=1S/C16H13Br2ClO3.C9H9ClO3.C7H5Br3/c1-21-16(20)7-10-2-3-15(14(19)6-10)22-9-11-4-12(17)8-13(18)5-11;1-13-9(12)5-6-2-3-8(11)7(10)4-6;8-4-5-1-6(9)3-7(10)2-5/h2-6,8H,7,9H2,1H3;2-4,11H,5H2,1H3;1-3H,4H2. The van der Waals surface area contributed by atoms with Crippen LogP contribution < -0.4 is 4.74 Å². The summed E-state index contributed by atoms with van der Waals surface area (Å²) in [4.78, 5) is 22.1. The molecular weight excluding hydrogens is 951 g/mol. The normalized spacial score (nSPS) is 10.1. The van der Waals surface area contributed by atoms with Gasteiger partial charge in [0.05, 0.1) is 37.1 Å².